The van der Waals surface area contributed by atoms with Crippen molar-refractivity contribution in [3.63, 3.8) is 0 Å². The number of hydrogen-bond donors (Lipinski definition) is 0. The molecule has 0 aliphatic carbocycles. The van der Waals surface area contributed by atoms with E-state index in [1.165, 1.54) is 0 Å². The molecule has 0 saturated heterocycles. The summed E-state index contributed by atoms with van der Waals surface area (Å²) < 4.78 is 0. The van der Waals surface area contributed by atoms with Crippen molar-refractivity contribution in [3.8, 4) is 0 Å². The first-order valence-electron chi connectivity index (χ1n) is 7.90. The highest BCUT2D eigenvalue weighted by Crippen LogP contribution is 2.33. The fraction of sp³-hybridized carbons (Fsp3) is 0.222. The van der Waals surface area contributed by atoms with Gasteiger partial charge in [0.05, 0.1) is 28.6 Å². The number of hydrogen-bond acceptors (Lipinski definition) is 5. The van der Waals surface area contributed by atoms with Crippen LogP contribution >= 0.6 is 11.3 Å². The van der Waals surface area contributed by atoms with Crippen LogP contribution in [-0.4, -0.2) is 26.6 Å². The Morgan fingerprint density at radius 3 is 2.88 bits per heavy atom. The van der Waals surface area contributed by atoms with Gasteiger partial charge in [0.15, 0.2) is 0 Å². The monoisotopic (exact) mass is 336 g/mol. The predicted molar refractivity (Wildman–Crippen MR) is 94.9 cm³/mol. The van der Waals surface area contributed by atoms with E-state index in [4.69, 9.17) is 4.98 Å². The summed E-state index contributed by atoms with van der Waals surface area (Å²) in [4.78, 5) is 21.5. The van der Waals surface area contributed by atoms with Crippen LogP contribution in [0.5, 0.6) is 0 Å². The quantitative estimate of drug-likeness (QED) is 0.731. The van der Waals surface area contributed by atoms with E-state index in [9.17, 15) is 4.79 Å². The number of para-hydroxylation sites is 2. The van der Waals surface area contributed by atoms with Gasteiger partial charge in [-0.05, 0) is 29.0 Å². The molecule has 0 radical (unpaired) electrons. The molecule has 2 aromatic heterocycles. The zero-order valence-corrected chi connectivity index (χ0v) is 14.0. The third-order valence-corrected chi connectivity index (χ3v) is 4.81. The molecule has 1 amide bonds. The Balaban J connectivity index is 1.73. The molecule has 6 heteroatoms. The minimum Gasteiger partial charge on any atom is -0.273 e. The molecule has 5 nitrogen and oxygen atoms in total. The summed E-state index contributed by atoms with van der Waals surface area (Å²) in [5.41, 5.74) is 4.47. The number of hydrazone groups is 1. The fourth-order valence-corrected chi connectivity index (χ4v) is 3.53. The van der Waals surface area contributed by atoms with Gasteiger partial charge in [-0.2, -0.15) is 16.4 Å². The van der Waals surface area contributed by atoms with Gasteiger partial charge in [0.2, 0.25) is 5.91 Å². The fourth-order valence-electron chi connectivity index (χ4n) is 2.87. The Kier molecular flexibility index (Phi) is 3.82. The molecule has 4 rings (SSSR count). The van der Waals surface area contributed by atoms with Gasteiger partial charge in [0, 0.05) is 18.4 Å². The average Bonchev–Trinajstić information content (AvgIpc) is 3.30. The van der Waals surface area contributed by atoms with E-state index < -0.39 is 0 Å². The largest absolute Gasteiger partial charge is 0.273 e. The number of rotatable bonds is 3. The van der Waals surface area contributed by atoms with Crippen molar-refractivity contribution in [1.29, 1.82) is 0 Å². The maximum Gasteiger partial charge on any atom is 0.243 e. The van der Waals surface area contributed by atoms with E-state index in [2.05, 4.69) is 15.5 Å². The van der Waals surface area contributed by atoms with Gasteiger partial charge in [-0.25, -0.2) is 9.99 Å². The van der Waals surface area contributed by atoms with E-state index in [1.807, 2.05) is 42.6 Å². The lowest BCUT2D eigenvalue weighted by molar-refractivity contribution is -0.132. The molecule has 3 heterocycles. The summed E-state index contributed by atoms with van der Waals surface area (Å²) in [5.74, 6) is 0.000174. The van der Waals surface area contributed by atoms with Crippen LogP contribution in [-0.2, 0) is 4.79 Å². The van der Waals surface area contributed by atoms with Crippen molar-refractivity contribution in [3.05, 3.63) is 58.5 Å². The highest BCUT2D eigenvalue weighted by molar-refractivity contribution is 7.08. The minimum atomic E-state index is -0.190. The molecule has 1 unspecified atom stereocenters. The van der Waals surface area contributed by atoms with Crippen LogP contribution in [0.15, 0.2) is 52.4 Å². The molecule has 0 spiro atoms. The number of nitrogens with zero attached hydrogens (tertiary/aromatic N) is 4. The average molecular weight is 336 g/mol. The Hall–Kier alpha value is -2.60. The molecule has 0 bridgehead atoms. The number of amides is 1. The number of benzene rings is 1. The highest BCUT2D eigenvalue weighted by atomic mass is 32.1. The Morgan fingerprint density at radius 1 is 1.29 bits per heavy atom. The van der Waals surface area contributed by atoms with Gasteiger partial charge >= 0.3 is 0 Å². The van der Waals surface area contributed by atoms with Crippen molar-refractivity contribution >= 4 is 34.0 Å². The van der Waals surface area contributed by atoms with Crippen molar-refractivity contribution in [2.75, 3.05) is 0 Å². The standard InChI is InChI=1S/C18H16N4OS/c1-2-18(23)22-17(9-15(21-22)12-7-8-24-11-12)16-10-19-13-5-3-4-6-14(13)20-16/h3-8,10-11,17H,2,9H2,1H3. The molecule has 1 aliphatic rings. The zero-order valence-electron chi connectivity index (χ0n) is 13.2. The van der Waals surface area contributed by atoms with E-state index in [-0.39, 0.29) is 11.9 Å². The van der Waals surface area contributed by atoms with E-state index in [1.54, 1.807) is 22.5 Å². The third kappa shape index (κ3) is 2.59. The Bertz CT molecular complexity index is 920. The first kappa shape index (κ1) is 15.0. The van der Waals surface area contributed by atoms with Gasteiger partial charge in [0.1, 0.15) is 6.04 Å². The second-order valence-electron chi connectivity index (χ2n) is 5.65. The summed E-state index contributed by atoms with van der Waals surface area (Å²) in [6.07, 6.45) is 2.84. The van der Waals surface area contributed by atoms with Gasteiger partial charge in [0.25, 0.3) is 0 Å². The molecule has 120 valence electrons. The maximum atomic E-state index is 12.3. The molecule has 0 saturated carbocycles. The van der Waals surface area contributed by atoms with Crippen LogP contribution in [0.4, 0.5) is 0 Å². The van der Waals surface area contributed by atoms with E-state index in [0.29, 0.717) is 12.8 Å². The zero-order chi connectivity index (χ0) is 16.5. The smallest absolute Gasteiger partial charge is 0.243 e. The van der Waals surface area contributed by atoms with Crippen LogP contribution in [0.1, 0.15) is 37.1 Å². The molecule has 1 atom stereocenters. The molecule has 0 N–H and O–H groups in total. The predicted octanol–water partition coefficient (Wildman–Crippen LogP) is 3.78. The summed E-state index contributed by atoms with van der Waals surface area (Å²) in [5, 5.41) is 10.2. The lowest BCUT2D eigenvalue weighted by Crippen LogP contribution is -2.26. The molecule has 3 aromatic rings. The van der Waals surface area contributed by atoms with Crippen LogP contribution in [0.3, 0.4) is 0 Å². The maximum absolute atomic E-state index is 12.3. The molecule has 0 fully saturated rings. The Labute approximate surface area is 143 Å². The van der Waals surface area contributed by atoms with Crippen LogP contribution < -0.4 is 0 Å². The van der Waals surface area contributed by atoms with Gasteiger partial charge in [-0.3, -0.25) is 9.78 Å². The van der Waals surface area contributed by atoms with E-state index >= 15 is 0 Å². The van der Waals surface area contributed by atoms with Crippen LogP contribution in [0.25, 0.3) is 11.0 Å². The lowest BCUT2D eigenvalue weighted by atomic mass is 10.0. The third-order valence-electron chi connectivity index (χ3n) is 4.13. The molecule has 1 aliphatic heterocycles. The number of carbonyl (C=O) groups excluding carboxylic acids is 1. The second-order valence-corrected chi connectivity index (χ2v) is 6.43. The summed E-state index contributed by atoms with van der Waals surface area (Å²) in [6.45, 7) is 1.85. The first-order valence-corrected chi connectivity index (χ1v) is 8.84. The number of carbonyl (C=O) groups is 1. The molecule has 1 aromatic carbocycles. The Morgan fingerprint density at radius 2 is 2.12 bits per heavy atom. The van der Waals surface area contributed by atoms with Gasteiger partial charge < -0.3 is 0 Å². The molecular weight excluding hydrogens is 320 g/mol. The summed E-state index contributed by atoms with van der Waals surface area (Å²) in [6, 6.07) is 9.60. The first-order chi connectivity index (χ1) is 11.8. The number of fused-ring (bicyclic) bond motifs is 1. The number of aromatic nitrogens is 2. The summed E-state index contributed by atoms with van der Waals surface area (Å²) in [7, 11) is 0. The van der Waals surface area contributed by atoms with Crippen molar-refractivity contribution in [1.82, 2.24) is 15.0 Å². The molecular formula is C18H16N4OS. The van der Waals surface area contributed by atoms with Crippen molar-refractivity contribution in [2.24, 2.45) is 5.10 Å². The van der Waals surface area contributed by atoms with Gasteiger partial charge in [-0.1, -0.05) is 19.1 Å². The summed E-state index contributed by atoms with van der Waals surface area (Å²) >= 11 is 1.63. The SMILES string of the molecule is CCC(=O)N1N=C(c2ccsc2)CC1c1cnc2ccccc2n1. The van der Waals surface area contributed by atoms with E-state index in [0.717, 1.165) is 28.0 Å². The molecule has 24 heavy (non-hydrogen) atoms. The van der Waals surface area contributed by atoms with Crippen LogP contribution in [0.2, 0.25) is 0 Å². The normalized spacial score (nSPS) is 17.3. The highest BCUT2D eigenvalue weighted by Gasteiger charge is 2.33. The van der Waals surface area contributed by atoms with Crippen molar-refractivity contribution in [2.45, 2.75) is 25.8 Å². The second kappa shape index (κ2) is 6.13. The number of thiophene rings is 1. The van der Waals surface area contributed by atoms with Crippen LogP contribution in [0, 0.1) is 0 Å². The minimum absolute atomic E-state index is 0.000174. The van der Waals surface area contributed by atoms with Crippen molar-refractivity contribution < 1.29 is 4.79 Å². The topological polar surface area (TPSA) is 58.5 Å². The lowest BCUT2D eigenvalue weighted by Gasteiger charge is -2.20. The van der Waals surface area contributed by atoms with Gasteiger partial charge in [-0.15, -0.1) is 0 Å².